The van der Waals surface area contributed by atoms with E-state index in [1.165, 1.54) is 44.0 Å². The molecule has 0 atom stereocenters. The van der Waals surface area contributed by atoms with Gasteiger partial charge < -0.3 is 4.74 Å². The van der Waals surface area contributed by atoms with Crippen molar-refractivity contribution >= 4 is 0 Å². The lowest BCUT2D eigenvalue weighted by Gasteiger charge is -2.23. The molecule has 1 saturated heterocycles. The van der Waals surface area contributed by atoms with Gasteiger partial charge in [-0.3, -0.25) is 4.90 Å². The molecule has 0 aromatic heterocycles. The topological polar surface area (TPSA) is 12.5 Å². The average molecular weight is 341 g/mol. The van der Waals surface area contributed by atoms with E-state index in [0.717, 1.165) is 12.3 Å². The van der Waals surface area contributed by atoms with Crippen molar-refractivity contribution in [1.29, 1.82) is 0 Å². The minimum absolute atomic E-state index is 0.219. The Kier molecular flexibility index (Phi) is 5.74. The molecule has 0 radical (unpaired) electrons. The van der Waals surface area contributed by atoms with Crippen LogP contribution in [0.15, 0.2) is 48.5 Å². The molecule has 0 amide bonds. The fourth-order valence-corrected chi connectivity index (χ4v) is 3.36. The Balaban J connectivity index is 1.53. The summed E-state index contributed by atoms with van der Waals surface area (Å²) in [5, 5.41) is 0. The molecule has 2 aromatic carbocycles. The lowest BCUT2D eigenvalue weighted by Crippen LogP contribution is -2.25. The van der Waals surface area contributed by atoms with Crippen LogP contribution in [0.25, 0.3) is 0 Å². The normalized spacial score (nSPS) is 17.9. The number of likely N-dealkylation sites (tertiary alicyclic amines) is 1. The molecule has 1 fully saturated rings. The molecule has 0 saturated carbocycles. The summed E-state index contributed by atoms with van der Waals surface area (Å²) in [5.41, 5.74) is 2.36. The van der Waals surface area contributed by atoms with E-state index in [0.29, 0.717) is 11.0 Å². The monoisotopic (exact) mass is 341 g/mol. The molecule has 134 valence electrons. The summed E-state index contributed by atoms with van der Waals surface area (Å²) in [6.45, 7) is 8.33. The van der Waals surface area contributed by atoms with Crippen molar-refractivity contribution in [3.05, 3.63) is 65.5 Å². The zero-order valence-electron chi connectivity index (χ0n) is 15.3. The molecular formula is C22H28FNO. The van der Waals surface area contributed by atoms with Gasteiger partial charge in [0, 0.05) is 12.1 Å². The molecule has 2 aromatic rings. The minimum atomic E-state index is -0.219. The van der Waals surface area contributed by atoms with Crippen LogP contribution in [0.4, 0.5) is 4.39 Å². The SMILES string of the molecule is CC1(C)CCCN(Cc2ccc(OCc3ccccc3F)cc2)CC1. The van der Waals surface area contributed by atoms with E-state index in [-0.39, 0.29) is 12.4 Å². The zero-order chi connectivity index (χ0) is 17.7. The first-order valence-electron chi connectivity index (χ1n) is 9.19. The number of hydrogen-bond acceptors (Lipinski definition) is 2. The van der Waals surface area contributed by atoms with Crippen LogP contribution in [0.5, 0.6) is 5.75 Å². The highest BCUT2D eigenvalue weighted by Crippen LogP contribution is 2.30. The Labute approximate surface area is 150 Å². The fourth-order valence-electron chi connectivity index (χ4n) is 3.36. The van der Waals surface area contributed by atoms with Crippen LogP contribution in [0.3, 0.4) is 0 Å². The molecule has 0 N–H and O–H groups in total. The van der Waals surface area contributed by atoms with Crippen molar-refractivity contribution in [2.24, 2.45) is 5.41 Å². The highest BCUT2D eigenvalue weighted by Gasteiger charge is 2.22. The van der Waals surface area contributed by atoms with Crippen LogP contribution in [0.2, 0.25) is 0 Å². The molecule has 0 unspecified atom stereocenters. The van der Waals surface area contributed by atoms with E-state index in [9.17, 15) is 4.39 Å². The van der Waals surface area contributed by atoms with Gasteiger partial charge in [-0.15, -0.1) is 0 Å². The van der Waals surface area contributed by atoms with Gasteiger partial charge in [0.15, 0.2) is 0 Å². The van der Waals surface area contributed by atoms with Gasteiger partial charge in [-0.2, -0.15) is 0 Å². The molecule has 3 heteroatoms. The summed E-state index contributed by atoms with van der Waals surface area (Å²) in [6.07, 6.45) is 3.85. The summed E-state index contributed by atoms with van der Waals surface area (Å²) in [6, 6.07) is 14.9. The summed E-state index contributed by atoms with van der Waals surface area (Å²) in [5.74, 6) is 0.562. The molecule has 2 nitrogen and oxygen atoms in total. The number of hydrogen-bond donors (Lipinski definition) is 0. The van der Waals surface area contributed by atoms with Gasteiger partial charge in [0.05, 0.1) is 0 Å². The molecule has 0 bridgehead atoms. The number of ether oxygens (including phenoxy) is 1. The second-order valence-electron chi connectivity index (χ2n) is 7.82. The lowest BCUT2D eigenvalue weighted by atomic mass is 9.85. The second-order valence-corrected chi connectivity index (χ2v) is 7.82. The third-order valence-electron chi connectivity index (χ3n) is 5.11. The highest BCUT2D eigenvalue weighted by atomic mass is 19.1. The lowest BCUT2D eigenvalue weighted by molar-refractivity contribution is 0.255. The van der Waals surface area contributed by atoms with Crippen molar-refractivity contribution in [2.75, 3.05) is 13.1 Å². The highest BCUT2D eigenvalue weighted by molar-refractivity contribution is 5.28. The molecule has 0 spiro atoms. The number of nitrogens with zero attached hydrogens (tertiary/aromatic N) is 1. The quantitative estimate of drug-likeness (QED) is 0.720. The van der Waals surface area contributed by atoms with Gasteiger partial charge in [-0.05, 0) is 61.5 Å². The molecule has 1 aliphatic rings. The first-order valence-corrected chi connectivity index (χ1v) is 9.19. The van der Waals surface area contributed by atoms with Gasteiger partial charge in [0.25, 0.3) is 0 Å². The zero-order valence-corrected chi connectivity index (χ0v) is 15.3. The van der Waals surface area contributed by atoms with Gasteiger partial charge in [0.2, 0.25) is 0 Å². The largest absolute Gasteiger partial charge is 0.489 e. The van der Waals surface area contributed by atoms with E-state index in [1.54, 1.807) is 12.1 Å². The Hall–Kier alpha value is -1.87. The smallest absolute Gasteiger partial charge is 0.129 e. The maximum Gasteiger partial charge on any atom is 0.129 e. The summed E-state index contributed by atoms with van der Waals surface area (Å²) >= 11 is 0. The minimum Gasteiger partial charge on any atom is -0.489 e. The third-order valence-corrected chi connectivity index (χ3v) is 5.11. The van der Waals surface area contributed by atoms with Crippen LogP contribution in [-0.2, 0) is 13.2 Å². The average Bonchev–Trinajstić information content (AvgIpc) is 2.76. The van der Waals surface area contributed by atoms with E-state index >= 15 is 0 Å². The number of halogens is 1. The molecule has 1 aliphatic heterocycles. The first kappa shape index (κ1) is 17.9. The third kappa shape index (κ3) is 5.30. The first-order chi connectivity index (χ1) is 12.0. The number of benzene rings is 2. The van der Waals surface area contributed by atoms with Crippen molar-refractivity contribution in [3.8, 4) is 5.75 Å². The van der Waals surface area contributed by atoms with Gasteiger partial charge >= 0.3 is 0 Å². The molecular weight excluding hydrogens is 313 g/mol. The van der Waals surface area contributed by atoms with Crippen LogP contribution in [0, 0.1) is 11.2 Å². The molecule has 3 rings (SSSR count). The van der Waals surface area contributed by atoms with E-state index in [2.05, 4.69) is 30.9 Å². The van der Waals surface area contributed by atoms with Crippen LogP contribution < -0.4 is 4.74 Å². The van der Waals surface area contributed by atoms with E-state index in [4.69, 9.17) is 4.74 Å². The standard InChI is InChI=1S/C22H28FNO/c1-22(2)12-5-14-24(15-13-22)16-18-8-10-20(11-9-18)25-17-19-6-3-4-7-21(19)23/h3-4,6-11H,5,12-17H2,1-2H3. The Morgan fingerprint density at radius 3 is 2.52 bits per heavy atom. The fraction of sp³-hybridized carbons (Fsp3) is 0.455. The molecule has 25 heavy (non-hydrogen) atoms. The summed E-state index contributed by atoms with van der Waals surface area (Å²) in [4.78, 5) is 2.55. The number of rotatable bonds is 5. The van der Waals surface area contributed by atoms with Gasteiger partial charge in [-0.25, -0.2) is 4.39 Å². The van der Waals surface area contributed by atoms with Crippen molar-refractivity contribution in [1.82, 2.24) is 4.90 Å². The van der Waals surface area contributed by atoms with E-state index in [1.807, 2.05) is 18.2 Å². The van der Waals surface area contributed by atoms with Gasteiger partial charge in [-0.1, -0.05) is 44.2 Å². The van der Waals surface area contributed by atoms with Crippen LogP contribution in [0.1, 0.15) is 44.2 Å². The van der Waals surface area contributed by atoms with E-state index < -0.39 is 0 Å². The van der Waals surface area contributed by atoms with Gasteiger partial charge in [0.1, 0.15) is 18.2 Å². The van der Waals surface area contributed by atoms with Crippen molar-refractivity contribution in [2.45, 2.75) is 46.3 Å². The molecule has 0 aliphatic carbocycles. The Bertz CT molecular complexity index is 681. The predicted octanol–water partition coefficient (Wildman–Crippen LogP) is 5.42. The van der Waals surface area contributed by atoms with Crippen molar-refractivity contribution in [3.63, 3.8) is 0 Å². The van der Waals surface area contributed by atoms with Crippen LogP contribution in [-0.4, -0.2) is 18.0 Å². The predicted molar refractivity (Wildman–Crippen MR) is 100 cm³/mol. The van der Waals surface area contributed by atoms with Crippen molar-refractivity contribution < 1.29 is 9.13 Å². The molecule has 1 heterocycles. The Morgan fingerprint density at radius 2 is 1.76 bits per heavy atom. The van der Waals surface area contributed by atoms with Crippen LogP contribution >= 0.6 is 0 Å². The Morgan fingerprint density at radius 1 is 1.00 bits per heavy atom. The summed E-state index contributed by atoms with van der Waals surface area (Å²) in [7, 11) is 0. The second kappa shape index (κ2) is 8.01. The maximum atomic E-state index is 13.6. The summed E-state index contributed by atoms with van der Waals surface area (Å²) < 4.78 is 19.3. The maximum absolute atomic E-state index is 13.6.